The fourth-order valence-electron chi connectivity index (χ4n) is 7.26. The Morgan fingerprint density at radius 3 is 1.43 bits per heavy atom. The molecular formula is C45H55BF6N2NaO5. The van der Waals surface area contributed by atoms with Crippen molar-refractivity contribution in [2.75, 3.05) is 59.6 Å². The van der Waals surface area contributed by atoms with E-state index in [0.717, 1.165) is 82.2 Å². The minimum Gasteiger partial charge on any atom is -1.00 e. The van der Waals surface area contributed by atoms with E-state index in [9.17, 15) is 36.2 Å². The average Bonchev–Trinajstić information content (AvgIpc) is 3.23. The monoisotopic (exact) mass is 851 g/mol. The third kappa shape index (κ3) is 14.9. The Kier molecular flexibility index (Phi) is 21.4. The number of para-hydroxylation sites is 2. The molecule has 0 amide bonds. The second kappa shape index (κ2) is 24.3. The topological polar surface area (TPSA) is 82.5 Å². The van der Waals surface area contributed by atoms with Crippen molar-refractivity contribution in [2.45, 2.75) is 58.0 Å². The SMILES string of the molecule is CC1(C(=O)c2ccccc2)CCN(CCOc2ccccc2C(F)(F)F)CC1.CC1(C(O)c2ccccc2)CCN(CCOc2ccccc2C(F)(F)F)CC1.CO.[B].[H-].[Na+]. The van der Waals surface area contributed by atoms with Crippen LogP contribution in [0, 0.1) is 10.8 Å². The average molecular weight is 852 g/mol. The Morgan fingerprint density at radius 1 is 0.650 bits per heavy atom. The number of carbonyl (C=O) groups excluding carboxylic acids is 1. The standard InChI is InChI=1S/C22H26F3NO2.C22H24F3NO2.CH4O.B.Na.H/c2*1-21(20(27)17-7-3-2-4-8-17)11-13-26(14-12-21)15-16-28-19-10-6-5-9-18(19)22(23,24)25;1-2;;;/h2-10,20,27H,11-16H2,1H3;2-10H,11-16H2,1H3;2H,1H3;;;/q;;;;+1;-1. The molecule has 4 aromatic rings. The van der Waals surface area contributed by atoms with Gasteiger partial charge in [0.05, 0.1) is 17.2 Å². The second-order valence-electron chi connectivity index (χ2n) is 15.1. The van der Waals surface area contributed by atoms with Crippen LogP contribution in [0.3, 0.4) is 0 Å². The molecule has 15 heteroatoms. The number of halogens is 6. The van der Waals surface area contributed by atoms with Crippen molar-refractivity contribution in [3.8, 4) is 11.5 Å². The fourth-order valence-corrected chi connectivity index (χ4v) is 7.26. The number of rotatable bonds is 12. The summed E-state index contributed by atoms with van der Waals surface area (Å²) in [5.41, 5.74) is -0.457. The molecule has 2 N–H and O–H groups in total. The number of likely N-dealkylation sites (tertiary alicyclic amines) is 2. The van der Waals surface area contributed by atoms with E-state index in [4.69, 9.17) is 14.6 Å². The summed E-state index contributed by atoms with van der Waals surface area (Å²) in [6, 6.07) is 29.5. The maximum atomic E-state index is 13.0. The normalized spacial score (nSPS) is 16.9. The largest absolute Gasteiger partial charge is 1.00 e. The van der Waals surface area contributed by atoms with Crippen LogP contribution in [-0.2, 0) is 12.4 Å². The van der Waals surface area contributed by atoms with Crippen LogP contribution in [0.25, 0.3) is 0 Å². The number of Topliss-reactive ketones (excluding diaryl/α,β-unsaturated/α-hetero) is 1. The van der Waals surface area contributed by atoms with Crippen molar-refractivity contribution in [3.05, 3.63) is 131 Å². The van der Waals surface area contributed by atoms with E-state index in [1.54, 1.807) is 6.07 Å². The minimum atomic E-state index is -4.43. The number of ketones is 1. The summed E-state index contributed by atoms with van der Waals surface area (Å²) in [6.07, 6.45) is -6.28. The van der Waals surface area contributed by atoms with E-state index in [-0.39, 0.29) is 75.3 Å². The summed E-state index contributed by atoms with van der Waals surface area (Å²) in [5, 5.41) is 17.8. The number of hydrogen-bond donors (Lipinski definition) is 2. The summed E-state index contributed by atoms with van der Waals surface area (Å²) in [5.74, 6) is -0.115. The van der Waals surface area contributed by atoms with Gasteiger partial charge in [-0.3, -0.25) is 14.6 Å². The number of aliphatic hydroxyl groups excluding tert-OH is 2. The first-order valence-corrected chi connectivity index (χ1v) is 19.4. The first-order chi connectivity index (χ1) is 27.6. The van der Waals surface area contributed by atoms with Crippen LogP contribution in [0.4, 0.5) is 26.3 Å². The maximum absolute atomic E-state index is 13.0. The molecule has 4 aromatic carbocycles. The Labute approximate surface area is 375 Å². The molecule has 2 saturated heterocycles. The van der Waals surface area contributed by atoms with Crippen molar-refractivity contribution in [2.24, 2.45) is 10.8 Å². The van der Waals surface area contributed by atoms with E-state index in [1.807, 2.05) is 67.6 Å². The van der Waals surface area contributed by atoms with Crippen molar-refractivity contribution in [3.63, 3.8) is 0 Å². The zero-order valence-corrected chi connectivity index (χ0v) is 36.8. The molecule has 0 aromatic heterocycles. The van der Waals surface area contributed by atoms with Crippen LogP contribution >= 0.6 is 0 Å². The first kappa shape index (κ1) is 52.8. The molecule has 2 heterocycles. The Balaban J connectivity index is 0.000000560. The molecular weight excluding hydrogens is 796 g/mol. The molecule has 2 aliphatic rings. The number of alkyl halides is 6. The summed E-state index contributed by atoms with van der Waals surface area (Å²) in [7, 11) is 1.00. The van der Waals surface area contributed by atoms with E-state index < -0.39 is 35.0 Å². The Bertz CT molecular complexity index is 1850. The molecule has 0 bridgehead atoms. The summed E-state index contributed by atoms with van der Waals surface area (Å²) in [4.78, 5) is 17.1. The van der Waals surface area contributed by atoms with Crippen molar-refractivity contribution in [1.82, 2.24) is 9.80 Å². The van der Waals surface area contributed by atoms with Gasteiger partial charge in [-0.1, -0.05) is 98.8 Å². The molecule has 2 fully saturated rings. The number of benzene rings is 4. The van der Waals surface area contributed by atoms with Gasteiger partial charge in [0.2, 0.25) is 0 Å². The van der Waals surface area contributed by atoms with Gasteiger partial charge in [0, 0.05) is 45.0 Å². The number of carbonyl (C=O) groups is 1. The van der Waals surface area contributed by atoms with Gasteiger partial charge in [-0.15, -0.1) is 0 Å². The van der Waals surface area contributed by atoms with Crippen LogP contribution in [0.2, 0.25) is 0 Å². The molecule has 7 nitrogen and oxygen atoms in total. The van der Waals surface area contributed by atoms with Gasteiger partial charge in [-0.05, 0) is 81.7 Å². The summed E-state index contributed by atoms with van der Waals surface area (Å²) < 4.78 is 88.9. The molecule has 321 valence electrons. The molecule has 0 saturated carbocycles. The third-order valence-corrected chi connectivity index (χ3v) is 11.0. The van der Waals surface area contributed by atoms with Gasteiger partial charge in [-0.2, -0.15) is 26.3 Å². The summed E-state index contributed by atoms with van der Waals surface area (Å²) in [6.45, 7) is 8.56. The van der Waals surface area contributed by atoms with Crippen molar-refractivity contribution >= 4 is 14.2 Å². The number of aliphatic hydroxyl groups is 2. The van der Waals surface area contributed by atoms with Crippen LogP contribution in [0.5, 0.6) is 11.5 Å². The van der Waals surface area contributed by atoms with Crippen LogP contribution in [-0.4, -0.2) is 93.8 Å². The summed E-state index contributed by atoms with van der Waals surface area (Å²) >= 11 is 0. The van der Waals surface area contributed by atoms with Gasteiger partial charge in [-0.25, -0.2) is 0 Å². The Hall–Kier alpha value is -3.37. The quantitative estimate of drug-likeness (QED) is 0.0981. The molecule has 2 aliphatic heterocycles. The molecule has 1 atom stereocenters. The molecule has 1 unspecified atom stereocenters. The predicted molar refractivity (Wildman–Crippen MR) is 219 cm³/mol. The zero-order chi connectivity index (χ0) is 42.4. The number of hydrogen-bond acceptors (Lipinski definition) is 7. The maximum Gasteiger partial charge on any atom is 1.00 e. The van der Waals surface area contributed by atoms with Crippen molar-refractivity contribution < 1.29 is 81.8 Å². The van der Waals surface area contributed by atoms with E-state index in [0.29, 0.717) is 13.1 Å². The first-order valence-electron chi connectivity index (χ1n) is 19.4. The van der Waals surface area contributed by atoms with Crippen LogP contribution < -0.4 is 39.0 Å². The smallest absolute Gasteiger partial charge is 1.00 e. The molecule has 3 radical (unpaired) electrons. The van der Waals surface area contributed by atoms with Gasteiger partial charge < -0.3 is 21.1 Å². The second-order valence-corrected chi connectivity index (χ2v) is 15.1. The van der Waals surface area contributed by atoms with E-state index in [2.05, 4.69) is 16.7 Å². The van der Waals surface area contributed by atoms with Gasteiger partial charge in [0.1, 0.15) is 24.7 Å². The van der Waals surface area contributed by atoms with Crippen LogP contribution in [0.1, 0.15) is 74.1 Å². The molecule has 6 rings (SSSR count). The van der Waals surface area contributed by atoms with E-state index in [1.165, 1.54) is 30.3 Å². The number of piperidine rings is 2. The van der Waals surface area contributed by atoms with Gasteiger partial charge >= 0.3 is 41.9 Å². The number of nitrogens with zero attached hydrogens (tertiary/aromatic N) is 2. The Morgan fingerprint density at radius 2 is 1.02 bits per heavy atom. The molecule has 60 heavy (non-hydrogen) atoms. The minimum absolute atomic E-state index is 0. The molecule has 0 spiro atoms. The third-order valence-electron chi connectivity index (χ3n) is 11.0. The molecule has 0 aliphatic carbocycles. The van der Waals surface area contributed by atoms with Crippen LogP contribution in [0.15, 0.2) is 109 Å². The zero-order valence-electron chi connectivity index (χ0n) is 35.8. The van der Waals surface area contributed by atoms with Gasteiger partial charge in [0.25, 0.3) is 0 Å². The number of ether oxygens (including phenoxy) is 2. The van der Waals surface area contributed by atoms with Gasteiger partial charge in [0.15, 0.2) is 5.78 Å². The predicted octanol–water partition coefficient (Wildman–Crippen LogP) is 6.33. The van der Waals surface area contributed by atoms with Crippen molar-refractivity contribution in [1.29, 1.82) is 0 Å². The fraction of sp³-hybridized carbons (Fsp3) is 0.444. The van der Waals surface area contributed by atoms with E-state index >= 15 is 0 Å².